The van der Waals surface area contributed by atoms with E-state index in [1.807, 2.05) is 36.4 Å². The Balaban J connectivity index is 1.56. The Morgan fingerprint density at radius 3 is 2.09 bits per heavy atom. The molecule has 0 spiro atoms. The molecule has 0 aromatic heterocycles. The van der Waals surface area contributed by atoms with Gasteiger partial charge in [0.1, 0.15) is 30.2 Å². The van der Waals surface area contributed by atoms with Gasteiger partial charge >= 0.3 is 0 Å². The third kappa shape index (κ3) is 2.71. The summed E-state index contributed by atoms with van der Waals surface area (Å²) in [6, 6.07) is 22.4. The summed E-state index contributed by atoms with van der Waals surface area (Å²) < 4.78 is 11.6. The highest BCUT2D eigenvalue weighted by Crippen LogP contribution is 2.43. The summed E-state index contributed by atoms with van der Waals surface area (Å²) in [4.78, 5) is 0. The Bertz CT molecular complexity index is 1440. The van der Waals surface area contributed by atoms with Crippen molar-refractivity contribution < 1.29 is 29.9 Å². The quantitative estimate of drug-likeness (QED) is 0.260. The van der Waals surface area contributed by atoms with Gasteiger partial charge in [-0.1, -0.05) is 54.6 Å². The molecule has 5 atom stereocenters. The summed E-state index contributed by atoms with van der Waals surface area (Å²) in [5, 5.41) is 48.8. The lowest BCUT2D eigenvalue weighted by atomic mass is 9.89. The molecule has 1 heterocycles. The maximum atomic E-state index is 10.4. The monoisotopic (exact) mass is 430 g/mol. The van der Waals surface area contributed by atoms with Crippen molar-refractivity contribution in [3.8, 4) is 5.75 Å². The van der Waals surface area contributed by atoms with Crippen LogP contribution in [0.2, 0.25) is 0 Å². The molecule has 32 heavy (non-hydrogen) atoms. The summed E-state index contributed by atoms with van der Waals surface area (Å²) in [7, 11) is 0. The van der Waals surface area contributed by atoms with E-state index in [0.29, 0.717) is 5.75 Å². The highest BCUT2D eigenvalue weighted by Gasteiger charge is 2.44. The highest BCUT2D eigenvalue weighted by molar-refractivity contribution is 6.34. The van der Waals surface area contributed by atoms with Crippen LogP contribution in [0.3, 0.4) is 0 Å². The van der Waals surface area contributed by atoms with E-state index in [0.717, 1.165) is 37.7 Å². The number of fused-ring (bicyclic) bond motifs is 3. The molecule has 0 bridgehead atoms. The van der Waals surface area contributed by atoms with Crippen LogP contribution in [0.15, 0.2) is 66.7 Å². The molecule has 162 valence electrons. The lowest BCUT2D eigenvalue weighted by Gasteiger charge is -2.39. The summed E-state index contributed by atoms with van der Waals surface area (Å²) in [6.45, 7) is -0.505. The van der Waals surface area contributed by atoms with Gasteiger partial charge in [-0.15, -0.1) is 0 Å². The lowest BCUT2D eigenvalue weighted by Crippen LogP contribution is -2.60. The zero-order valence-electron chi connectivity index (χ0n) is 17.1. The molecule has 1 aliphatic rings. The molecule has 0 aliphatic carbocycles. The number of ether oxygens (including phenoxy) is 2. The fourth-order valence-electron chi connectivity index (χ4n) is 4.99. The molecule has 0 unspecified atom stereocenters. The first-order chi connectivity index (χ1) is 15.6. The second kappa shape index (κ2) is 7.27. The summed E-state index contributed by atoms with van der Waals surface area (Å²) >= 11 is 0. The van der Waals surface area contributed by atoms with Crippen LogP contribution < -0.4 is 4.74 Å². The van der Waals surface area contributed by atoms with Crippen LogP contribution in [-0.4, -0.2) is 57.7 Å². The van der Waals surface area contributed by atoms with Crippen molar-refractivity contribution in [1.29, 1.82) is 0 Å². The van der Waals surface area contributed by atoms with Gasteiger partial charge in [-0.05, 0) is 44.5 Å². The number of aliphatic hydroxyl groups is 4. The van der Waals surface area contributed by atoms with Crippen molar-refractivity contribution in [1.82, 2.24) is 0 Å². The first kappa shape index (κ1) is 19.7. The highest BCUT2D eigenvalue weighted by atomic mass is 16.7. The molecule has 0 radical (unpaired) electrons. The number of hydrogen-bond donors (Lipinski definition) is 4. The topological polar surface area (TPSA) is 99.4 Å². The maximum absolute atomic E-state index is 10.4. The number of benzene rings is 5. The van der Waals surface area contributed by atoms with Crippen molar-refractivity contribution in [2.45, 2.75) is 30.7 Å². The van der Waals surface area contributed by atoms with Crippen molar-refractivity contribution >= 4 is 43.1 Å². The molecule has 0 saturated carbocycles. The minimum Gasteiger partial charge on any atom is -0.461 e. The first-order valence-electron chi connectivity index (χ1n) is 10.6. The van der Waals surface area contributed by atoms with Gasteiger partial charge in [-0.3, -0.25) is 0 Å². The molecule has 1 saturated heterocycles. The summed E-state index contributed by atoms with van der Waals surface area (Å²) in [6.07, 6.45) is -6.65. The Morgan fingerprint density at radius 2 is 1.34 bits per heavy atom. The predicted molar refractivity (Wildman–Crippen MR) is 122 cm³/mol. The SMILES string of the molecule is OC[C@H]1O[C@@H](Oc2ccc3c4ccccc4c4cccc5ccc2c3c54)[C@H](O)[C@@H](O)[C@@H]1O. The minimum absolute atomic E-state index is 0.490. The molecule has 6 heteroatoms. The van der Waals surface area contributed by atoms with E-state index in [2.05, 4.69) is 30.3 Å². The van der Waals surface area contributed by atoms with Crippen LogP contribution in [0.25, 0.3) is 43.1 Å². The molecule has 1 aliphatic heterocycles. The Kier molecular flexibility index (Phi) is 4.47. The van der Waals surface area contributed by atoms with Gasteiger partial charge in [0.05, 0.1) is 6.61 Å². The molecule has 6 rings (SSSR count). The normalized spacial score (nSPS) is 26.4. The second-order valence-electron chi connectivity index (χ2n) is 8.36. The molecule has 4 N–H and O–H groups in total. The van der Waals surface area contributed by atoms with E-state index in [9.17, 15) is 20.4 Å². The zero-order chi connectivity index (χ0) is 22.0. The lowest BCUT2D eigenvalue weighted by molar-refractivity contribution is -0.277. The fraction of sp³-hybridized carbons (Fsp3) is 0.231. The van der Waals surface area contributed by atoms with E-state index < -0.39 is 37.3 Å². The van der Waals surface area contributed by atoms with Gasteiger partial charge in [0.15, 0.2) is 0 Å². The first-order valence-corrected chi connectivity index (χ1v) is 10.6. The molecule has 5 aromatic rings. The third-order valence-electron chi connectivity index (χ3n) is 6.58. The molecular weight excluding hydrogens is 408 g/mol. The van der Waals surface area contributed by atoms with E-state index in [4.69, 9.17) is 9.47 Å². The van der Waals surface area contributed by atoms with Gasteiger partial charge in [-0.2, -0.15) is 0 Å². The smallest absolute Gasteiger partial charge is 0.229 e. The average Bonchev–Trinajstić information content (AvgIpc) is 2.84. The van der Waals surface area contributed by atoms with Gasteiger partial charge in [0.25, 0.3) is 0 Å². The Labute approximate surface area is 183 Å². The average molecular weight is 430 g/mol. The van der Waals surface area contributed by atoms with Gasteiger partial charge < -0.3 is 29.9 Å². The van der Waals surface area contributed by atoms with E-state index in [-0.39, 0.29) is 0 Å². The van der Waals surface area contributed by atoms with Crippen LogP contribution in [0, 0.1) is 0 Å². The van der Waals surface area contributed by atoms with E-state index in [1.54, 1.807) is 0 Å². The number of aliphatic hydroxyl groups excluding tert-OH is 4. The van der Waals surface area contributed by atoms with Crippen molar-refractivity contribution in [3.63, 3.8) is 0 Å². The number of rotatable bonds is 3. The standard InChI is InChI=1S/C26H22O6/c27-12-20-23(28)24(29)25(30)26(32-20)31-19-11-10-17-15-6-2-1-5-14(15)16-7-3-4-13-8-9-18(19)22(17)21(13)16/h1-11,20,23-30H,12H2/t20-,23-,24+,25-,26-/m1/s1. The molecule has 6 nitrogen and oxygen atoms in total. The summed E-state index contributed by atoms with van der Waals surface area (Å²) in [5.41, 5.74) is 0. The minimum atomic E-state index is -1.49. The van der Waals surface area contributed by atoms with Crippen LogP contribution in [0.1, 0.15) is 0 Å². The van der Waals surface area contributed by atoms with Crippen molar-refractivity contribution in [2.75, 3.05) is 6.61 Å². The van der Waals surface area contributed by atoms with E-state index >= 15 is 0 Å². The van der Waals surface area contributed by atoms with Crippen molar-refractivity contribution in [2.24, 2.45) is 0 Å². The van der Waals surface area contributed by atoms with Gasteiger partial charge in [0, 0.05) is 10.8 Å². The van der Waals surface area contributed by atoms with Crippen LogP contribution in [0.5, 0.6) is 5.75 Å². The fourth-order valence-corrected chi connectivity index (χ4v) is 4.99. The van der Waals surface area contributed by atoms with Gasteiger partial charge in [0.2, 0.25) is 6.29 Å². The molecule has 0 amide bonds. The maximum Gasteiger partial charge on any atom is 0.229 e. The van der Waals surface area contributed by atoms with Crippen LogP contribution in [-0.2, 0) is 4.74 Å². The van der Waals surface area contributed by atoms with E-state index in [1.165, 1.54) is 5.39 Å². The molecule has 1 fully saturated rings. The molecular formula is C26H22O6. The van der Waals surface area contributed by atoms with Crippen LogP contribution in [0.4, 0.5) is 0 Å². The third-order valence-corrected chi connectivity index (χ3v) is 6.58. The number of hydrogen-bond acceptors (Lipinski definition) is 6. The Hall–Kier alpha value is -3.00. The predicted octanol–water partition coefficient (Wildman–Crippen LogP) is 2.92. The zero-order valence-corrected chi connectivity index (χ0v) is 17.1. The Morgan fingerprint density at radius 1 is 0.656 bits per heavy atom. The van der Waals surface area contributed by atoms with Gasteiger partial charge in [-0.25, -0.2) is 0 Å². The second-order valence-corrected chi connectivity index (χ2v) is 8.36. The molecule has 5 aromatic carbocycles. The van der Waals surface area contributed by atoms with Crippen LogP contribution >= 0.6 is 0 Å². The summed E-state index contributed by atoms with van der Waals surface area (Å²) in [5.74, 6) is 0.490. The van der Waals surface area contributed by atoms with Crippen molar-refractivity contribution in [3.05, 3.63) is 66.7 Å². The largest absolute Gasteiger partial charge is 0.461 e.